The Kier molecular flexibility index (Phi) is 5.62. The Bertz CT molecular complexity index is 488. The number of aryl methyl sites for hydroxylation is 1. The summed E-state index contributed by atoms with van der Waals surface area (Å²) in [7, 11) is 0. The number of aliphatic hydroxyl groups excluding tert-OH is 1. The zero-order valence-corrected chi connectivity index (χ0v) is 13.1. The summed E-state index contributed by atoms with van der Waals surface area (Å²) in [5.74, 6) is 0.0436. The predicted molar refractivity (Wildman–Crippen MR) is 85.7 cm³/mol. The van der Waals surface area contributed by atoms with E-state index < -0.39 is 0 Å². The fraction of sp³-hybridized carbons (Fsp3) is 0.588. The van der Waals surface area contributed by atoms with Gasteiger partial charge in [-0.1, -0.05) is 12.8 Å². The minimum absolute atomic E-state index is 0.0336. The standard InChI is InChI=1S/C17H26N2O2/c1-3-18-16-9-8-14(11-13(16)2)17(21)19-10-6-4-5-7-15(19)12-20/h8-9,11,15,18,20H,3-7,10,12H2,1-2H3. The first-order chi connectivity index (χ1) is 10.2. The molecule has 0 aromatic heterocycles. The normalized spacial score (nSPS) is 19.2. The van der Waals surface area contributed by atoms with E-state index in [9.17, 15) is 9.90 Å². The molecule has 21 heavy (non-hydrogen) atoms. The summed E-state index contributed by atoms with van der Waals surface area (Å²) in [6.45, 7) is 5.74. The van der Waals surface area contributed by atoms with Crippen LogP contribution in [0.5, 0.6) is 0 Å². The topological polar surface area (TPSA) is 52.6 Å². The van der Waals surface area contributed by atoms with Gasteiger partial charge in [-0.05, 0) is 50.5 Å². The lowest BCUT2D eigenvalue weighted by Gasteiger charge is -2.29. The van der Waals surface area contributed by atoms with Crippen LogP contribution < -0.4 is 5.32 Å². The van der Waals surface area contributed by atoms with Gasteiger partial charge in [0, 0.05) is 24.3 Å². The largest absolute Gasteiger partial charge is 0.394 e. The van der Waals surface area contributed by atoms with Gasteiger partial charge in [0.05, 0.1) is 12.6 Å². The molecule has 1 heterocycles. The van der Waals surface area contributed by atoms with Crippen molar-refractivity contribution < 1.29 is 9.90 Å². The Morgan fingerprint density at radius 3 is 2.86 bits per heavy atom. The number of likely N-dealkylation sites (tertiary alicyclic amines) is 1. The van der Waals surface area contributed by atoms with Crippen molar-refractivity contribution in [1.29, 1.82) is 0 Å². The van der Waals surface area contributed by atoms with E-state index in [-0.39, 0.29) is 18.6 Å². The van der Waals surface area contributed by atoms with E-state index in [0.29, 0.717) is 0 Å². The first-order valence-corrected chi connectivity index (χ1v) is 7.93. The van der Waals surface area contributed by atoms with E-state index in [2.05, 4.69) is 12.2 Å². The second kappa shape index (κ2) is 7.46. The number of carbonyl (C=O) groups is 1. The summed E-state index contributed by atoms with van der Waals surface area (Å²) in [6.07, 6.45) is 4.15. The van der Waals surface area contributed by atoms with Gasteiger partial charge in [0.1, 0.15) is 0 Å². The highest BCUT2D eigenvalue weighted by Crippen LogP contribution is 2.22. The second-order valence-electron chi connectivity index (χ2n) is 5.74. The molecule has 1 amide bonds. The molecule has 1 fully saturated rings. The maximum absolute atomic E-state index is 12.7. The summed E-state index contributed by atoms with van der Waals surface area (Å²) in [6, 6.07) is 5.76. The highest BCUT2D eigenvalue weighted by Gasteiger charge is 2.25. The number of anilines is 1. The summed E-state index contributed by atoms with van der Waals surface area (Å²) in [5, 5.41) is 12.8. The molecule has 4 nitrogen and oxygen atoms in total. The number of aliphatic hydroxyl groups is 1. The smallest absolute Gasteiger partial charge is 0.254 e. The number of rotatable bonds is 4. The molecule has 2 rings (SSSR count). The average Bonchev–Trinajstić information content (AvgIpc) is 2.74. The lowest BCUT2D eigenvalue weighted by molar-refractivity contribution is 0.0600. The van der Waals surface area contributed by atoms with Crippen LogP contribution in [0.3, 0.4) is 0 Å². The van der Waals surface area contributed by atoms with Crippen molar-refractivity contribution in [1.82, 2.24) is 4.90 Å². The average molecular weight is 290 g/mol. The van der Waals surface area contributed by atoms with Crippen LogP contribution in [0.15, 0.2) is 18.2 Å². The van der Waals surface area contributed by atoms with Gasteiger partial charge in [0.15, 0.2) is 0 Å². The van der Waals surface area contributed by atoms with E-state index >= 15 is 0 Å². The summed E-state index contributed by atoms with van der Waals surface area (Å²) in [4.78, 5) is 14.6. The fourth-order valence-corrected chi connectivity index (χ4v) is 2.99. The minimum atomic E-state index is -0.0336. The molecule has 4 heteroatoms. The van der Waals surface area contributed by atoms with Gasteiger partial charge >= 0.3 is 0 Å². The maximum Gasteiger partial charge on any atom is 0.254 e. The molecule has 1 atom stereocenters. The number of carbonyl (C=O) groups excluding carboxylic acids is 1. The van der Waals surface area contributed by atoms with E-state index in [4.69, 9.17) is 0 Å². The van der Waals surface area contributed by atoms with Crippen molar-refractivity contribution in [3.63, 3.8) is 0 Å². The molecule has 2 N–H and O–H groups in total. The summed E-state index contributed by atoms with van der Waals surface area (Å²) >= 11 is 0. The van der Waals surface area contributed by atoms with Crippen LogP contribution in [0.2, 0.25) is 0 Å². The lowest BCUT2D eigenvalue weighted by atomic mass is 10.1. The van der Waals surface area contributed by atoms with Crippen LogP contribution in [-0.4, -0.2) is 41.7 Å². The molecular formula is C17H26N2O2. The molecule has 0 saturated carbocycles. The van der Waals surface area contributed by atoms with Crippen molar-refractivity contribution in [2.75, 3.05) is 25.0 Å². The van der Waals surface area contributed by atoms with Gasteiger partial charge in [-0.15, -0.1) is 0 Å². The molecule has 1 saturated heterocycles. The first kappa shape index (κ1) is 15.8. The van der Waals surface area contributed by atoms with Gasteiger partial charge < -0.3 is 15.3 Å². The van der Waals surface area contributed by atoms with Crippen LogP contribution in [-0.2, 0) is 0 Å². The molecule has 0 radical (unpaired) electrons. The maximum atomic E-state index is 12.7. The van der Waals surface area contributed by atoms with Gasteiger partial charge in [-0.25, -0.2) is 0 Å². The number of hydrogen-bond donors (Lipinski definition) is 2. The van der Waals surface area contributed by atoms with E-state index in [1.165, 1.54) is 0 Å². The minimum Gasteiger partial charge on any atom is -0.394 e. The number of nitrogens with one attached hydrogen (secondary N) is 1. The number of hydrogen-bond acceptors (Lipinski definition) is 3. The summed E-state index contributed by atoms with van der Waals surface area (Å²) < 4.78 is 0. The highest BCUT2D eigenvalue weighted by molar-refractivity contribution is 5.95. The molecule has 1 unspecified atom stereocenters. The van der Waals surface area contributed by atoms with Crippen molar-refractivity contribution in [3.8, 4) is 0 Å². The van der Waals surface area contributed by atoms with Gasteiger partial charge in [-0.2, -0.15) is 0 Å². The molecule has 1 aromatic rings. The van der Waals surface area contributed by atoms with Crippen molar-refractivity contribution in [3.05, 3.63) is 29.3 Å². The molecule has 1 aliphatic heterocycles. The number of benzene rings is 1. The third-order valence-electron chi connectivity index (χ3n) is 4.19. The Balaban J connectivity index is 2.19. The molecule has 0 spiro atoms. The van der Waals surface area contributed by atoms with Crippen molar-refractivity contribution >= 4 is 11.6 Å². The van der Waals surface area contributed by atoms with Gasteiger partial charge in [-0.3, -0.25) is 4.79 Å². The van der Waals surface area contributed by atoms with Crippen LogP contribution in [0, 0.1) is 6.92 Å². The van der Waals surface area contributed by atoms with Crippen LogP contribution in [0.4, 0.5) is 5.69 Å². The lowest BCUT2D eigenvalue weighted by Crippen LogP contribution is -2.42. The Labute approximate surface area is 127 Å². The number of nitrogens with zero attached hydrogens (tertiary/aromatic N) is 1. The van der Waals surface area contributed by atoms with Gasteiger partial charge in [0.2, 0.25) is 0 Å². The van der Waals surface area contributed by atoms with Crippen molar-refractivity contribution in [2.24, 2.45) is 0 Å². The van der Waals surface area contributed by atoms with Crippen LogP contribution in [0.1, 0.15) is 48.5 Å². The third-order valence-corrected chi connectivity index (χ3v) is 4.19. The third kappa shape index (κ3) is 3.76. The molecule has 116 valence electrons. The molecular weight excluding hydrogens is 264 g/mol. The van der Waals surface area contributed by atoms with Crippen molar-refractivity contribution in [2.45, 2.75) is 45.6 Å². The quantitative estimate of drug-likeness (QED) is 0.896. The highest BCUT2D eigenvalue weighted by atomic mass is 16.3. The van der Waals surface area contributed by atoms with Gasteiger partial charge in [0.25, 0.3) is 5.91 Å². The zero-order chi connectivity index (χ0) is 15.2. The molecule has 1 aliphatic rings. The molecule has 0 aliphatic carbocycles. The second-order valence-corrected chi connectivity index (χ2v) is 5.74. The van der Waals surface area contributed by atoms with E-state index in [0.717, 1.165) is 55.6 Å². The predicted octanol–water partition coefficient (Wildman–Crippen LogP) is 2.80. The Hall–Kier alpha value is -1.55. The first-order valence-electron chi connectivity index (χ1n) is 7.93. The zero-order valence-electron chi connectivity index (χ0n) is 13.1. The van der Waals surface area contributed by atoms with E-state index in [1.807, 2.05) is 30.0 Å². The van der Waals surface area contributed by atoms with Crippen LogP contribution >= 0.6 is 0 Å². The Morgan fingerprint density at radius 2 is 2.19 bits per heavy atom. The fourth-order valence-electron chi connectivity index (χ4n) is 2.99. The molecule has 1 aromatic carbocycles. The number of amides is 1. The summed E-state index contributed by atoms with van der Waals surface area (Å²) in [5.41, 5.74) is 2.87. The SMILES string of the molecule is CCNc1ccc(C(=O)N2CCCCCC2CO)cc1C. The van der Waals surface area contributed by atoms with Crippen LogP contribution in [0.25, 0.3) is 0 Å². The molecule has 0 bridgehead atoms. The monoisotopic (exact) mass is 290 g/mol. The van der Waals surface area contributed by atoms with E-state index in [1.54, 1.807) is 0 Å². The Morgan fingerprint density at radius 1 is 1.38 bits per heavy atom.